The molecule has 1 atom stereocenters. The summed E-state index contributed by atoms with van der Waals surface area (Å²) in [5.41, 5.74) is 2.06. The molecule has 0 fully saturated rings. The van der Waals surface area contributed by atoms with Crippen LogP contribution < -0.4 is 9.63 Å². The molecule has 29 heavy (non-hydrogen) atoms. The zero-order valence-corrected chi connectivity index (χ0v) is 16.2. The predicted molar refractivity (Wildman–Crippen MR) is 110 cm³/mol. The highest BCUT2D eigenvalue weighted by Gasteiger charge is 2.33. The summed E-state index contributed by atoms with van der Waals surface area (Å²) in [5.74, 6) is -0.229. The van der Waals surface area contributed by atoms with Gasteiger partial charge in [-0.25, -0.2) is 4.79 Å². The lowest BCUT2D eigenvalue weighted by Gasteiger charge is -2.37. The Labute approximate surface area is 172 Å². The van der Waals surface area contributed by atoms with E-state index in [-0.39, 0.29) is 24.1 Å². The van der Waals surface area contributed by atoms with Gasteiger partial charge in [-0.05, 0) is 17.7 Å². The van der Waals surface area contributed by atoms with Crippen LogP contribution in [0.4, 0.5) is 5.69 Å². The minimum Gasteiger partial charge on any atom is -0.619 e. The fourth-order valence-corrected chi connectivity index (χ4v) is 4.42. The van der Waals surface area contributed by atoms with E-state index in [0.29, 0.717) is 10.5 Å². The highest BCUT2D eigenvalue weighted by atomic mass is 32.2. The van der Waals surface area contributed by atoms with Crippen molar-refractivity contribution in [2.45, 2.75) is 10.9 Å². The third-order valence-electron chi connectivity index (χ3n) is 4.65. The quantitative estimate of drug-likeness (QED) is 0.377. The van der Waals surface area contributed by atoms with Crippen molar-refractivity contribution in [2.75, 3.05) is 17.3 Å². The summed E-state index contributed by atoms with van der Waals surface area (Å²) >= 11 is 1.70. The number of para-hydroxylation sites is 1. The molecule has 0 bridgehead atoms. The molecule has 7 heteroatoms. The lowest BCUT2D eigenvalue weighted by molar-refractivity contribution is -0.605. The molecular weight excluding hydrogens is 388 g/mol. The van der Waals surface area contributed by atoms with E-state index < -0.39 is 5.97 Å². The maximum absolute atomic E-state index is 13.1. The number of carbonyl (C=O) groups excluding carboxylic acids is 2. The van der Waals surface area contributed by atoms with Crippen molar-refractivity contribution in [3.05, 3.63) is 95.5 Å². The van der Waals surface area contributed by atoms with Crippen molar-refractivity contribution in [3.8, 4) is 0 Å². The number of hydrogen-bond acceptors (Lipinski definition) is 5. The van der Waals surface area contributed by atoms with Crippen molar-refractivity contribution < 1.29 is 19.1 Å². The number of carbonyl (C=O) groups is 2. The molecule has 6 nitrogen and oxygen atoms in total. The Hall–Kier alpha value is -3.32. The number of benzene rings is 2. The lowest BCUT2D eigenvalue weighted by Crippen LogP contribution is -2.41. The number of nitrogens with zero attached hydrogens (tertiary/aromatic N) is 2. The number of anilines is 1. The minimum absolute atomic E-state index is 0.154. The van der Waals surface area contributed by atoms with Crippen molar-refractivity contribution >= 4 is 29.3 Å². The second-order valence-electron chi connectivity index (χ2n) is 6.49. The average molecular weight is 406 g/mol. The van der Waals surface area contributed by atoms with Crippen LogP contribution in [-0.2, 0) is 9.53 Å². The highest BCUT2D eigenvalue weighted by Crippen LogP contribution is 2.43. The summed E-state index contributed by atoms with van der Waals surface area (Å²) in [6.45, 7) is -0.382. The summed E-state index contributed by atoms with van der Waals surface area (Å²) in [5, 5.41) is 11.1. The number of fused-ring (bicyclic) bond motifs is 1. The first-order valence-electron chi connectivity index (χ1n) is 9.08. The standard InChI is InChI=1S/C22H18N2O4S/c25-21(14-28-22(26)17-10-12-23(27)13-11-17)24-18-8-4-5-9-20(18)29-15-19(24)16-6-2-1-3-7-16/h1-13,19H,14-15H2/t19-/m0/s1. The molecule has 2 aromatic carbocycles. The Balaban J connectivity index is 1.56. The van der Waals surface area contributed by atoms with Gasteiger partial charge >= 0.3 is 5.97 Å². The first-order valence-corrected chi connectivity index (χ1v) is 10.1. The molecule has 3 aromatic rings. The van der Waals surface area contributed by atoms with Gasteiger partial charge in [-0.3, -0.25) is 9.69 Å². The van der Waals surface area contributed by atoms with Crippen molar-refractivity contribution in [2.24, 2.45) is 0 Å². The largest absolute Gasteiger partial charge is 0.619 e. The van der Waals surface area contributed by atoms with Crippen LogP contribution in [-0.4, -0.2) is 24.2 Å². The molecule has 0 radical (unpaired) electrons. The fourth-order valence-electron chi connectivity index (χ4n) is 3.25. The van der Waals surface area contributed by atoms with E-state index in [9.17, 15) is 14.8 Å². The van der Waals surface area contributed by atoms with Gasteiger partial charge < -0.3 is 9.94 Å². The molecule has 0 unspecified atom stereocenters. The van der Waals surface area contributed by atoms with Crippen molar-refractivity contribution in [1.82, 2.24) is 0 Å². The monoisotopic (exact) mass is 406 g/mol. The van der Waals surface area contributed by atoms with Crippen molar-refractivity contribution in [3.63, 3.8) is 0 Å². The normalized spacial score (nSPS) is 15.4. The molecule has 1 amide bonds. The van der Waals surface area contributed by atoms with Crippen LogP contribution in [0.3, 0.4) is 0 Å². The molecule has 4 rings (SSSR count). The van der Waals surface area contributed by atoms with E-state index >= 15 is 0 Å². The Morgan fingerprint density at radius 1 is 1.03 bits per heavy atom. The summed E-state index contributed by atoms with van der Waals surface area (Å²) < 4.78 is 5.81. The average Bonchev–Trinajstić information content (AvgIpc) is 2.77. The molecule has 146 valence electrons. The van der Waals surface area contributed by atoms with Crippen LogP contribution in [0.2, 0.25) is 0 Å². The highest BCUT2D eigenvalue weighted by molar-refractivity contribution is 7.99. The SMILES string of the molecule is O=C(OCC(=O)N1c2ccccc2SC[C@H]1c1ccccc1)c1cc[n+]([O-])cc1. The Bertz CT molecular complexity index is 1020. The van der Waals surface area contributed by atoms with Crippen LogP contribution in [0.5, 0.6) is 0 Å². The second-order valence-corrected chi connectivity index (χ2v) is 7.55. The maximum Gasteiger partial charge on any atom is 0.339 e. The molecule has 0 saturated carbocycles. The molecule has 0 N–H and O–H groups in total. The van der Waals surface area contributed by atoms with Gasteiger partial charge in [0.15, 0.2) is 19.0 Å². The van der Waals surface area contributed by atoms with E-state index in [1.807, 2.05) is 54.6 Å². The molecule has 0 aliphatic carbocycles. The van der Waals surface area contributed by atoms with Gasteiger partial charge in [-0.15, -0.1) is 11.8 Å². The van der Waals surface area contributed by atoms with Crippen LogP contribution in [0.15, 0.2) is 84.0 Å². The fraction of sp³-hybridized carbons (Fsp3) is 0.136. The number of hydrogen-bond donors (Lipinski definition) is 0. The van der Waals surface area contributed by atoms with E-state index in [2.05, 4.69) is 0 Å². The van der Waals surface area contributed by atoms with Gasteiger partial charge in [-0.2, -0.15) is 4.73 Å². The first kappa shape index (κ1) is 19.0. The summed E-state index contributed by atoms with van der Waals surface area (Å²) in [6.07, 6.45) is 2.42. The van der Waals surface area contributed by atoms with Gasteiger partial charge in [0.25, 0.3) is 5.91 Å². The molecule has 1 aromatic heterocycles. The number of ether oxygens (including phenoxy) is 1. The van der Waals surface area contributed by atoms with Crippen LogP contribution >= 0.6 is 11.8 Å². The van der Waals surface area contributed by atoms with Gasteiger partial charge in [0.2, 0.25) is 0 Å². The Kier molecular flexibility index (Phi) is 5.48. The second kappa shape index (κ2) is 8.36. The third-order valence-corrected chi connectivity index (χ3v) is 5.79. The van der Waals surface area contributed by atoms with E-state index in [1.54, 1.807) is 16.7 Å². The number of aromatic nitrogens is 1. The first-order chi connectivity index (χ1) is 14.1. The van der Waals surface area contributed by atoms with Gasteiger partial charge in [0.05, 0.1) is 17.3 Å². The number of amides is 1. The number of esters is 1. The van der Waals surface area contributed by atoms with Crippen LogP contribution in [0.1, 0.15) is 22.0 Å². The van der Waals surface area contributed by atoms with Gasteiger partial charge in [0.1, 0.15) is 0 Å². The van der Waals surface area contributed by atoms with Crippen LogP contribution in [0.25, 0.3) is 0 Å². The van der Waals surface area contributed by atoms with Gasteiger partial charge in [-0.1, -0.05) is 42.5 Å². The van der Waals surface area contributed by atoms with Crippen LogP contribution in [0, 0.1) is 5.21 Å². The topological polar surface area (TPSA) is 73.6 Å². The molecule has 2 heterocycles. The summed E-state index contributed by atoms with van der Waals surface area (Å²) in [4.78, 5) is 28.1. The van der Waals surface area contributed by atoms with E-state index in [1.165, 1.54) is 24.5 Å². The zero-order valence-electron chi connectivity index (χ0n) is 15.4. The smallest absolute Gasteiger partial charge is 0.339 e. The lowest BCUT2D eigenvalue weighted by atomic mass is 10.1. The number of rotatable bonds is 4. The molecule has 0 spiro atoms. The zero-order chi connectivity index (χ0) is 20.2. The Morgan fingerprint density at radius 3 is 2.48 bits per heavy atom. The molecule has 1 aliphatic rings. The number of thioether (sulfide) groups is 1. The van der Waals surface area contributed by atoms with E-state index in [0.717, 1.165) is 16.1 Å². The molecule has 0 saturated heterocycles. The Morgan fingerprint density at radius 2 is 1.72 bits per heavy atom. The number of pyridine rings is 1. The summed E-state index contributed by atoms with van der Waals surface area (Å²) in [7, 11) is 0. The third kappa shape index (κ3) is 4.09. The minimum atomic E-state index is -0.644. The maximum atomic E-state index is 13.1. The van der Waals surface area contributed by atoms with Gasteiger partial charge in [0, 0.05) is 22.8 Å². The van der Waals surface area contributed by atoms with E-state index in [4.69, 9.17) is 4.74 Å². The van der Waals surface area contributed by atoms with Crippen molar-refractivity contribution in [1.29, 1.82) is 0 Å². The summed E-state index contributed by atoms with van der Waals surface area (Å²) in [6, 6.07) is 20.1. The predicted octanol–water partition coefficient (Wildman–Crippen LogP) is 3.36. The molecule has 1 aliphatic heterocycles. The molecular formula is C22H18N2O4S.